The van der Waals surface area contributed by atoms with E-state index in [0.29, 0.717) is 23.9 Å². The Kier molecular flexibility index (Phi) is 5.79. The molecule has 2 atom stereocenters. The van der Waals surface area contributed by atoms with Crippen molar-refractivity contribution in [2.45, 2.75) is 32.4 Å². The summed E-state index contributed by atoms with van der Waals surface area (Å²) in [5.41, 5.74) is 1.38. The SMILES string of the molecule is C[C@H]1CN(c2ccc(C(=O)Nc3cc(F)c4nn(C)cc4c3)c3nc(C(F)F)ncc23)C[C@H](C)N1. The van der Waals surface area contributed by atoms with Crippen molar-refractivity contribution in [3.8, 4) is 0 Å². The van der Waals surface area contributed by atoms with Crippen LogP contribution in [0, 0.1) is 5.82 Å². The minimum absolute atomic E-state index is 0.0935. The summed E-state index contributed by atoms with van der Waals surface area (Å²) in [7, 11) is 1.67. The lowest BCUT2D eigenvalue weighted by Crippen LogP contribution is -2.54. The molecular weight excluding hydrogens is 459 g/mol. The number of hydrogen-bond acceptors (Lipinski definition) is 6. The van der Waals surface area contributed by atoms with Crippen molar-refractivity contribution in [1.29, 1.82) is 0 Å². The van der Waals surface area contributed by atoms with Crippen molar-refractivity contribution < 1.29 is 18.0 Å². The lowest BCUT2D eigenvalue weighted by atomic mass is 10.0. The number of aromatic nitrogens is 4. The Labute approximate surface area is 199 Å². The Balaban J connectivity index is 1.56. The van der Waals surface area contributed by atoms with E-state index >= 15 is 0 Å². The molecule has 1 saturated heterocycles. The summed E-state index contributed by atoms with van der Waals surface area (Å²) in [5, 5.41) is 11.2. The molecule has 5 rings (SSSR count). The molecule has 0 saturated carbocycles. The lowest BCUT2D eigenvalue weighted by Gasteiger charge is -2.38. The van der Waals surface area contributed by atoms with Crippen molar-refractivity contribution in [3.05, 3.63) is 53.9 Å². The number of nitrogens with one attached hydrogen (secondary N) is 2. The first kappa shape index (κ1) is 23.0. The van der Waals surface area contributed by atoms with Crippen molar-refractivity contribution in [1.82, 2.24) is 25.1 Å². The highest BCUT2D eigenvalue weighted by Gasteiger charge is 2.25. The van der Waals surface area contributed by atoms with Crippen LogP contribution in [0.2, 0.25) is 0 Å². The smallest absolute Gasteiger partial charge is 0.297 e. The van der Waals surface area contributed by atoms with Crippen LogP contribution in [-0.2, 0) is 7.05 Å². The van der Waals surface area contributed by atoms with Gasteiger partial charge in [-0.15, -0.1) is 0 Å². The Morgan fingerprint density at radius 3 is 2.63 bits per heavy atom. The number of rotatable bonds is 4. The van der Waals surface area contributed by atoms with Gasteiger partial charge in [0.1, 0.15) is 5.52 Å². The number of aryl methyl sites for hydroxylation is 1. The molecule has 2 aromatic heterocycles. The summed E-state index contributed by atoms with van der Waals surface area (Å²) in [6.07, 6.45) is 0.0881. The zero-order chi connectivity index (χ0) is 24.9. The van der Waals surface area contributed by atoms with Crippen molar-refractivity contribution in [2.75, 3.05) is 23.3 Å². The molecular formula is C24H24F3N7O. The highest BCUT2D eigenvalue weighted by atomic mass is 19.3. The Morgan fingerprint density at radius 1 is 1.17 bits per heavy atom. The second-order valence-electron chi connectivity index (χ2n) is 8.95. The molecule has 3 heterocycles. The Hall–Kier alpha value is -3.73. The molecule has 0 bridgehead atoms. The third kappa shape index (κ3) is 4.39. The van der Waals surface area contributed by atoms with E-state index in [-0.39, 0.29) is 34.4 Å². The van der Waals surface area contributed by atoms with E-state index in [1.54, 1.807) is 31.4 Å². The summed E-state index contributed by atoms with van der Waals surface area (Å²) in [6, 6.07) is 6.55. The average molecular weight is 483 g/mol. The van der Waals surface area contributed by atoms with Crippen LogP contribution in [0.25, 0.3) is 21.8 Å². The maximum absolute atomic E-state index is 14.5. The number of anilines is 2. The van der Waals surface area contributed by atoms with Gasteiger partial charge >= 0.3 is 0 Å². The molecule has 11 heteroatoms. The molecule has 1 aliphatic heterocycles. The summed E-state index contributed by atoms with van der Waals surface area (Å²) >= 11 is 0. The van der Waals surface area contributed by atoms with Crippen LogP contribution >= 0.6 is 0 Å². The number of carbonyl (C=O) groups excluding carboxylic acids is 1. The monoisotopic (exact) mass is 483 g/mol. The van der Waals surface area contributed by atoms with E-state index < -0.39 is 24.0 Å². The highest BCUT2D eigenvalue weighted by Crippen LogP contribution is 2.31. The topological polar surface area (TPSA) is 88.0 Å². The molecule has 0 radical (unpaired) electrons. The first-order valence-electron chi connectivity index (χ1n) is 11.2. The Morgan fingerprint density at radius 2 is 1.91 bits per heavy atom. The van der Waals surface area contributed by atoms with Gasteiger partial charge in [-0.1, -0.05) is 0 Å². The van der Waals surface area contributed by atoms with E-state index in [9.17, 15) is 18.0 Å². The first-order valence-corrected chi connectivity index (χ1v) is 11.2. The fourth-order valence-corrected chi connectivity index (χ4v) is 4.69. The number of piperazine rings is 1. The number of alkyl halides is 2. The zero-order valence-electron chi connectivity index (χ0n) is 19.4. The van der Waals surface area contributed by atoms with E-state index in [1.807, 2.05) is 0 Å². The highest BCUT2D eigenvalue weighted by molar-refractivity contribution is 6.14. The maximum Gasteiger partial charge on any atom is 0.297 e. The summed E-state index contributed by atoms with van der Waals surface area (Å²) in [6.45, 7) is 5.53. The second kappa shape index (κ2) is 8.81. The van der Waals surface area contributed by atoms with Crippen LogP contribution in [0.1, 0.15) is 36.5 Å². The summed E-state index contributed by atoms with van der Waals surface area (Å²) in [4.78, 5) is 23.2. The van der Waals surface area contributed by atoms with Crippen LogP contribution in [0.5, 0.6) is 0 Å². The number of carbonyl (C=O) groups is 1. The number of halogens is 3. The quantitative estimate of drug-likeness (QED) is 0.456. The van der Waals surface area contributed by atoms with Crippen LogP contribution in [0.4, 0.5) is 24.5 Å². The van der Waals surface area contributed by atoms with E-state index in [4.69, 9.17) is 0 Å². The molecule has 182 valence electrons. The fraction of sp³-hybridized carbons (Fsp3) is 0.333. The van der Waals surface area contributed by atoms with Gasteiger partial charge in [0.25, 0.3) is 12.3 Å². The average Bonchev–Trinajstić information content (AvgIpc) is 3.18. The number of fused-ring (bicyclic) bond motifs is 2. The van der Waals surface area contributed by atoms with Gasteiger partial charge in [-0.05, 0) is 38.1 Å². The van der Waals surface area contributed by atoms with Crippen molar-refractivity contribution >= 4 is 39.1 Å². The molecule has 8 nitrogen and oxygen atoms in total. The molecule has 1 amide bonds. The normalized spacial score (nSPS) is 18.5. The minimum Gasteiger partial charge on any atom is -0.368 e. The van der Waals surface area contributed by atoms with Gasteiger partial charge in [-0.3, -0.25) is 9.48 Å². The predicted molar refractivity (Wildman–Crippen MR) is 127 cm³/mol. The van der Waals surface area contributed by atoms with E-state index in [0.717, 1.165) is 5.69 Å². The number of benzene rings is 2. The molecule has 4 aromatic rings. The van der Waals surface area contributed by atoms with Gasteiger partial charge in [-0.2, -0.15) is 5.10 Å². The molecule has 1 aliphatic rings. The third-order valence-corrected chi connectivity index (χ3v) is 6.02. The number of hydrogen-bond donors (Lipinski definition) is 2. The lowest BCUT2D eigenvalue weighted by molar-refractivity contribution is 0.102. The number of nitrogens with zero attached hydrogens (tertiary/aromatic N) is 5. The summed E-state index contributed by atoms with van der Waals surface area (Å²) in [5.74, 6) is -1.83. The fourth-order valence-electron chi connectivity index (χ4n) is 4.69. The molecule has 1 fully saturated rings. The van der Waals surface area contributed by atoms with Crippen molar-refractivity contribution in [2.24, 2.45) is 7.05 Å². The van der Waals surface area contributed by atoms with Gasteiger partial charge in [0, 0.05) is 66.8 Å². The standard InChI is InChI=1S/C24H24F3N7O/c1-12-9-34(10-13(2)29-12)19-5-4-16(21-17(19)8-28-23(31-21)22(26)27)24(35)30-15-6-14-11-33(3)32-20(14)18(25)7-15/h4-8,11-13,22,29H,9-10H2,1-3H3,(H,30,35)/t12-,13-/m0/s1. The Bertz CT molecular complexity index is 1430. The molecule has 0 unspecified atom stereocenters. The van der Waals surface area contributed by atoms with Crippen LogP contribution in [-0.4, -0.2) is 50.8 Å². The second-order valence-corrected chi connectivity index (χ2v) is 8.95. The van der Waals surface area contributed by atoms with Crippen LogP contribution in [0.3, 0.4) is 0 Å². The molecule has 35 heavy (non-hydrogen) atoms. The third-order valence-electron chi connectivity index (χ3n) is 6.02. The number of amides is 1. The summed E-state index contributed by atoms with van der Waals surface area (Å²) < 4.78 is 42.8. The largest absolute Gasteiger partial charge is 0.368 e. The van der Waals surface area contributed by atoms with Crippen LogP contribution < -0.4 is 15.5 Å². The van der Waals surface area contributed by atoms with Gasteiger partial charge in [0.2, 0.25) is 0 Å². The molecule has 2 N–H and O–H groups in total. The van der Waals surface area contributed by atoms with Crippen molar-refractivity contribution in [3.63, 3.8) is 0 Å². The van der Waals surface area contributed by atoms with Gasteiger partial charge in [-0.25, -0.2) is 23.1 Å². The van der Waals surface area contributed by atoms with Gasteiger partial charge in [0.05, 0.1) is 11.1 Å². The molecule has 0 aliphatic carbocycles. The predicted octanol–water partition coefficient (Wildman–Crippen LogP) is 4.03. The molecule has 0 spiro atoms. The maximum atomic E-state index is 14.5. The molecule has 2 aromatic carbocycles. The first-order chi connectivity index (χ1) is 16.7. The van der Waals surface area contributed by atoms with Gasteiger partial charge < -0.3 is 15.5 Å². The van der Waals surface area contributed by atoms with E-state index in [1.165, 1.54) is 16.9 Å². The minimum atomic E-state index is -2.89. The van der Waals surface area contributed by atoms with Crippen LogP contribution in [0.15, 0.2) is 36.7 Å². The van der Waals surface area contributed by atoms with Gasteiger partial charge in [0.15, 0.2) is 11.6 Å². The van der Waals surface area contributed by atoms with E-state index in [2.05, 4.69) is 44.4 Å². The zero-order valence-corrected chi connectivity index (χ0v) is 19.4.